The van der Waals surface area contributed by atoms with Gasteiger partial charge >= 0.3 is 6.09 Å². The van der Waals surface area contributed by atoms with Gasteiger partial charge in [0.15, 0.2) is 0 Å². The number of hydrogen-bond acceptors (Lipinski definition) is 5. The van der Waals surface area contributed by atoms with Crippen molar-refractivity contribution >= 4 is 12.0 Å². The first-order chi connectivity index (χ1) is 12.0. The number of oxazole rings is 1. The molecule has 0 saturated carbocycles. The molecule has 0 bridgehead atoms. The molecule has 0 fully saturated rings. The quantitative estimate of drug-likeness (QED) is 0.833. The minimum absolute atomic E-state index is 0.0493. The normalized spacial score (nSPS) is 10.4. The maximum Gasteiger partial charge on any atom is 0.409 e. The highest BCUT2D eigenvalue weighted by molar-refractivity contribution is 5.82. The Kier molecular flexibility index (Phi) is 6.56. The molecular formula is C18H23N3O4. The van der Waals surface area contributed by atoms with Crippen molar-refractivity contribution in [2.75, 3.05) is 26.7 Å². The van der Waals surface area contributed by atoms with Crippen LogP contribution in [0.25, 0.3) is 11.5 Å². The second-order valence-corrected chi connectivity index (χ2v) is 5.66. The van der Waals surface area contributed by atoms with Gasteiger partial charge in [0, 0.05) is 25.6 Å². The summed E-state index contributed by atoms with van der Waals surface area (Å²) in [4.78, 5) is 28.9. The molecule has 2 aromatic rings. The average Bonchev–Trinajstić information content (AvgIpc) is 3.04. The van der Waals surface area contributed by atoms with Crippen molar-refractivity contribution in [2.24, 2.45) is 0 Å². The number of rotatable bonds is 7. The molecule has 1 N–H and O–H groups in total. The van der Waals surface area contributed by atoms with Gasteiger partial charge in [-0.1, -0.05) is 17.7 Å². The van der Waals surface area contributed by atoms with Crippen molar-refractivity contribution in [3.8, 4) is 11.5 Å². The van der Waals surface area contributed by atoms with Crippen LogP contribution in [-0.2, 0) is 16.0 Å². The van der Waals surface area contributed by atoms with Crippen LogP contribution in [-0.4, -0.2) is 48.6 Å². The fraction of sp³-hybridized carbons (Fsp3) is 0.389. The van der Waals surface area contributed by atoms with Crippen LogP contribution in [0.15, 0.2) is 34.9 Å². The molecule has 0 spiro atoms. The first-order valence-electron chi connectivity index (χ1n) is 8.15. The van der Waals surface area contributed by atoms with Gasteiger partial charge in [-0.2, -0.15) is 0 Å². The molecule has 1 heterocycles. The summed E-state index contributed by atoms with van der Waals surface area (Å²) in [5.74, 6) is 0.307. The third kappa shape index (κ3) is 5.63. The van der Waals surface area contributed by atoms with Crippen molar-refractivity contribution in [3.63, 3.8) is 0 Å². The highest BCUT2D eigenvalue weighted by Gasteiger charge is 2.13. The van der Waals surface area contributed by atoms with E-state index in [2.05, 4.69) is 10.3 Å². The molecule has 0 aliphatic carbocycles. The van der Waals surface area contributed by atoms with Crippen LogP contribution in [0.3, 0.4) is 0 Å². The fourth-order valence-corrected chi connectivity index (χ4v) is 2.15. The van der Waals surface area contributed by atoms with Gasteiger partial charge in [0.1, 0.15) is 12.8 Å². The highest BCUT2D eigenvalue weighted by atomic mass is 16.6. The number of ether oxygens (including phenoxy) is 1. The number of benzene rings is 1. The molecule has 25 heavy (non-hydrogen) atoms. The minimum Gasteiger partial charge on any atom is -0.450 e. The number of nitrogens with zero attached hydrogens (tertiary/aromatic N) is 2. The Hall–Kier alpha value is -2.83. The van der Waals surface area contributed by atoms with Crippen LogP contribution in [0.5, 0.6) is 0 Å². The number of aryl methyl sites for hydroxylation is 1. The lowest BCUT2D eigenvalue weighted by atomic mass is 10.1. The van der Waals surface area contributed by atoms with E-state index in [-0.39, 0.29) is 19.1 Å². The van der Waals surface area contributed by atoms with Crippen LogP contribution in [0.2, 0.25) is 0 Å². The Morgan fingerprint density at radius 3 is 2.68 bits per heavy atom. The number of carbonyl (C=O) groups excluding carboxylic acids is 2. The lowest BCUT2D eigenvalue weighted by molar-refractivity contribution is -0.121. The van der Waals surface area contributed by atoms with E-state index in [1.807, 2.05) is 31.2 Å². The van der Waals surface area contributed by atoms with Crippen LogP contribution >= 0.6 is 0 Å². The molecule has 7 nitrogen and oxygen atoms in total. The van der Waals surface area contributed by atoms with Crippen molar-refractivity contribution in [1.29, 1.82) is 0 Å². The van der Waals surface area contributed by atoms with Gasteiger partial charge in [-0.15, -0.1) is 0 Å². The van der Waals surface area contributed by atoms with Crippen LogP contribution in [0, 0.1) is 6.92 Å². The maximum atomic E-state index is 11.8. The van der Waals surface area contributed by atoms with E-state index in [0.29, 0.717) is 18.9 Å². The number of amides is 2. The summed E-state index contributed by atoms with van der Waals surface area (Å²) in [6, 6.07) is 7.91. The molecule has 1 aromatic carbocycles. The van der Waals surface area contributed by atoms with Crippen LogP contribution in [0.4, 0.5) is 4.79 Å². The number of aromatic nitrogens is 1. The van der Waals surface area contributed by atoms with Gasteiger partial charge < -0.3 is 19.4 Å². The molecular weight excluding hydrogens is 322 g/mol. The van der Waals surface area contributed by atoms with E-state index in [0.717, 1.165) is 11.3 Å². The Bertz CT molecular complexity index is 709. The first kappa shape index (κ1) is 18.5. The van der Waals surface area contributed by atoms with Crippen LogP contribution < -0.4 is 5.32 Å². The van der Waals surface area contributed by atoms with Gasteiger partial charge in [0.05, 0.1) is 12.3 Å². The Morgan fingerprint density at radius 1 is 1.28 bits per heavy atom. The molecule has 134 valence electrons. The molecule has 0 saturated heterocycles. The second kappa shape index (κ2) is 8.86. The largest absolute Gasteiger partial charge is 0.450 e. The van der Waals surface area contributed by atoms with Crippen molar-refractivity contribution in [3.05, 3.63) is 41.8 Å². The third-order valence-electron chi connectivity index (χ3n) is 3.51. The zero-order chi connectivity index (χ0) is 18.2. The monoisotopic (exact) mass is 345 g/mol. The van der Waals surface area contributed by atoms with Crippen molar-refractivity contribution < 1.29 is 18.7 Å². The summed E-state index contributed by atoms with van der Waals surface area (Å²) < 4.78 is 10.3. The fourth-order valence-electron chi connectivity index (χ4n) is 2.15. The maximum absolute atomic E-state index is 11.8. The number of nitrogens with one attached hydrogen (secondary N) is 1. The highest BCUT2D eigenvalue weighted by Crippen LogP contribution is 2.19. The Balaban J connectivity index is 1.77. The van der Waals surface area contributed by atoms with Gasteiger partial charge in [-0.25, -0.2) is 9.78 Å². The summed E-state index contributed by atoms with van der Waals surface area (Å²) in [5, 5.41) is 2.75. The number of hydrogen-bond donors (Lipinski definition) is 1. The molecule has 0 atom stereocenters. The summed E-state index contributed by atoms with van der Waals surface area (Å²) in [6.45, 7) is 4.38. The van der Waals surface area contributed by atoms with E-state index in [1.165, 1.54) is 17.5 Å². The van der Waals surface area contributed by atoms with E-state index >= 15 is 0 Å². The molecule has 0 aliphatic heterocycles. The molecule has 2 rings (SSSR count). The average molecular weight is 345 g/mol. The molecule has 2 amide bonds. The van der Waals surface area contributed by atoms with E-state index < -0.39 is 6.09 Å². The van der Waals surface area contributed by atoms with Crippen molar-refractivity contribution in [2.45, 2.75) is 20.3 Å². The van der Waals surface area contributed by atoms with E-state index in [9.17, 15) is 9.59 Å². The van der Waals surface area contributed by atoms with Gasteiger partial charge in [0.2, 0.25) is 11.8 Å². The van der Waals surface area contributed by atoms with E-state index in [4.69, 9.17) is 9.15 Å². The molecule has 0 unspecified atom stereocenters. The van der Waals surface area contributed by atoms with Gasteiger partial charge in [0.25, 0.3) is 0 Å². The second-order valence-electron chi connectivity index (χ2n) is 5.66. The Morgan fingerprint density at radius 2 is 2.00 bits per heavy atom. The van der Waals surface area contributed by atoms with Gasteiger partial charge in [-0.3, -0.25) is 4.79 Å². The topological polar surface area (TPSA) is 84.7 Å². The lowest BCUT2D eigenvalue weighted by Crippen LogP contribution is -2.39. The zero-order valence-corrected chi connectivity index (χ0v) is 14.7. The zero-order valence-electron chi connectivity index (χ0n) is 14.7. The van der Waals surface area contributed by atoms with Crippen molar-refractivity contribution in [1.82, 2.24) is 15.2 Å². The predicted molar refractivity (Wildman–Crippen MR) is 93.0 cm³/mol. The number of carbonyl (C=O) groups is 2. The smallest absolute Gasteiger partial charge is 0.409 e. The summed E-state index contributed by atoms with van der Waals surface area (Å²) >= 11 is 0. The SMILES string of the molecule is CCOC(=O)N(C)CC(=O)NCCc1coc(-c2ccc(C)cc2)n1. The standard InChI is InChI=1S/C18H23N3O4/c1-4-24-18(23)21(3)11-16(22)19-10-9-15-12-25-17(20-15)14-7-5-13(2)6-8-14/h5-8,12H,4,9-11H2,1-3H3,(H,19,22). The third-order valence-corrected chi connectivity index (χ3v) is 3.51. The number of likely N-dealkylation sites (N-methyl/N-ethyl adjacent to an activating group) is 1. The van der Waals surface area contributed by atoms with Gasteiger partial charge in [-0.05, 0) is 26.0 Å². The Labute approximate surface area is 147 Å². The first-order valence-corrected chi connectivity index (χ1v) is 8.15. The lowest BCUT2D eigenvalue weighted by Gasteiger charge is -2.15. The summed E-state index contributed by atoms with van der Waals surface area (Å²) in [6.07, 6.45) is 1.62. The summed E-state index contributed by atoms with van der Waals surface area (Å²) in [7, 11) is 1.52. The molecule has 1 aromatic heterocycles. The van der Waals surface area contributed by atoms with Crippen LogP contribution in [0.1, 0.15) is 18.2 Å². The molecule has 7 heteroatoms. The molecule has 0 radical (unpaired) electrons. The molecule has 0 aliphatic rings. The predicted octanol–water partition coefficient (Wildman–Crippen LogP) is 2.40. The minimum atomic E-state index is -0.517. The summed E-state index contributed by atoms with van der Waals surface area (Å²) in [5.41, 5.74) is 2.84. The van der Waals surface area contributed by atoms with E-state index in [1.54, 1.807) is 13.2 Å².